The second kappa shape index (κ2) is 7.43. The van der Waals surface area contributed by atoms with Crippen molar-refractivity contribution in [2.45, 2.75) is 53.1 Å². The Morgan fingerprint density at radius 3 is 2.45 bits per heavy atom. The van der Waals surface area contributed by atoms with Crippen molar-refractivity contribution in [3.63, 3.8) is 0 Å². The van der Waals surface area contributed by atoms with E-state index in [1.807, 2.05) is 13.8 Å². The van der Waals surface area contributed by atoms with Crippen LogP contribution in [0.2, 0.25) is 0 Å². The molecule has 5 nitrogen and oxygen atoms in total. The minimum Gasteiger partial charge on any atom is -0.389 e. The van der Waals surface area contributed by atoms with E-state index in [0.29, 0.717) is 6.54 Å². The molecule has 0 saturated heterocycles. The molecule has 0 fully saturated rings. The maximum atomic E-state index is 10.1. The summed E-state index contributed by atoms with van der Waals surface area (Å²) in [6, 6.07) is 0. The highest BCUT2D eigenvalue weighted by atomic mass is 16.3. The minimum absolute atomic E-state index is 0.556. The van der Waals surface area contributed by atoms with Crippen LogP contribution in [0.5, 0.6) is 0 Å². The molecule has 0 saturated carbocycles. The number of likely N-dealkylation sites (N-methyl/N-ethyl adjacent to an activating group) is 1. The largest absolute Gasteiger partial charge is 0.389 e. The Bertz CT molecular complexity index is 415. The molecule has 1 aromatic heterocycles. The smallest absolute Gasteiger partial charge is 0.137 e. The van der Waals surface area contributed by atoms with Gasteiger partial charge in [-0.25, -0.2) is 9.97 Å². The van der Waals surface area contributed by atoms with Gasteiger partial charge in [0.05, 0.1) is 5.60 Å². The van der Waals surface area contributed by atoms with E-state index in [1.165, 1.54) is 0 Å². The molecular weight excluding hydrogens is 252 g/mol. The summed E-state index contributed by atoms with van der Waals surface area (Å²) in [5.41, 5.74) is 0.371. The lowest BCUT2D eigenvalue weighted by Crippen LogP contribution is -2.39. The second-order valence-corrected chi connectivity index (χ2v) is 5.63. The fraction of sp³-hybridized carbons (Fsp3) is 0.733. The van der Waals surface area contributed by atoms with Gasteiger partial charge in [0.15, 0.2) is 0 Å². The van der Waals surface area contributed by atoms with Crippen LogP contribution in [0.1, 0.15) is 46.6 Å². The number of hydrogen-bond acceptors (Lipinski definition) is 5. The molecule has 0 aliphatic heterocycles. The van der Waals surface area contributed by atoms with Gasteiger partial charge in [-0.05, 0) is 33.6 Å². The zero-order chi connectivity index (χ0) is 15.2. The molecule has 0 aliphatic carbocycles. The van der Waals surface area contributed by atoms with Gasteiger partial charge in [-0.2, -0.15) is 0 Å². The van der Waals surface area contributed by atoms with Gasteiger partial charge < -0.3 is 15.3 Å². The number of anilines is 2. The molecule has 0 aromatic carbocycles. The number of aromatic nitrogens is 2. The van der Waals surface area contributed by atoms with E-state index in [0.717, 1.165) is 43.1 Å². The number of aliphatic hydroxyl groups is 1. The SMILES string of the molecule is CCCNc1ncnc(N(CC)CC(C)(C)O)c1CC. The van der Waals surface area contributed by atoms with E-state index in [9.17, 15) is 5.11 Å². The van der Waals surface area contributed by atoms with Crippen LogP contribution in [0.15, 0.2) is 6.33 Å². The van der Waals surface area contributed by atoms with Crippen LogP contribution in [-0.4, -0.2) is 40.3 Å². The third kappa shape index (κ3) is 4.63. The monoisotopic (exact) mass is 280 g/mol. The van der Waals surface area contributed by atoms with Gasteiger partial charge in [0.1, 0.15) is 18.0 Å². The molecule has 0 bridgehead atoms. The van der Waals surface area contributed by atoms with Gasteiger partial charge in [-0.3, -0.25) is 0 Å². The Balaban J connectivity index is 3.08. The number of rotatable bonds is 8. The average molecular weight is 280 g/mol. The van der Waals surface area contributed by atoms with Crippen LogP contribution in [-0.2, 0) is 6.42 Å². The molecule has 0 spiro atoms. The third-order valence-corrected chi connectivity index (χ3v) is 3.08. The molecule has 114 valence electrons. The van der Waals surface area contributed by atoms with E-state index in [-0.39, 0.29) is 0 Å². The fourth-order valence-corrected chi connectivity index (χ4v) is 2.20. The number of nitrogens with zero attached hydrogens (tertiary/aromatic N) is 3. The molecule has 0 atom stereocenters. The Morgan fingerprint density at radius 2 is 1.95 bits per heavy atom. The summed E-state index contributed by atoms with van der Waals surface area (Å²) in [5, 5.41) is 13.4. The topological polar surface area (TPSA) is 61.3 Å². The molecular formula is C15H28N4O. The Morgan fingerprint density at radius 1 is 1.25 bits per heavy atom. The number of hydrogen-bond donors (Lipinski definition) is 2. The maximum absolute atomic E-state index is 10.1. The van der Waals surface area contributed by atoms with Crippen LogP contribution in [0.4, 0.5) is 11.6 Å². The van der Waals surface area contributed by atoms with Crippen molar-refractivity contribution in [3.8, 4) is 0 Å². The molecule has 2 N–H and O–H groups in total. The highest BCUT2D eigenvalue weighted by Crippen LogP contribution is 2.25. The first-order valence-electron chi connectivity index (χ1n) is 7.48. The van der Waals surface area contributed by atoms with Crippen molar-refractivity contribution in [1.82, 2.24) is 9.97 Å². The van der Waals surface area contributed by atoms with Crippen molar-refractivity contribution < 1.29 is 5.11 Å². The quantitative estimate of drug-likeness (QED) is 0.766. The van der Waals surface area contributed by atoms with Gasteiger partial charge in [0.2, 0.25) is 0 Å². The summed E-state index contributed by atoms with van der Waals surface area (Å²) >= 11 is 0. The molecule has 5 heteroatoms. The van der Waals surface area contributed by atoms with Gasteiger partial charge in [-0.15, -0.1) is 0 Å². The van der Waals surface area contributed by atoms with E-state index in [1.54, 1.807) is 6.33 Å². The van der Waals surface area contributed by atoms with Gasteiger partial charge in [0.25, 0.3) is 0 Å². The Labute approximate surface area is 122 Å². The first kappa shape index (κ1) is 16.7. The first-order valence-corrected chi connectivity index (χ1v) is 7.48. The minimum atomic E-state index is -0.747. The summed E-state index contributed by atoms with van der Waals surface area (Å²) in [7, 11) is 0. The lowest BCUT2D eigenvalue weighted by molar-refractivity contribution is 0.0874. The second-order valence-electron chi connectivity index (χ2n) is 5.63. The van der Waals surface area contributed by atoms with Crippen LogP contribution < -0.4 is 10.2 Å². The molecule has 0 unspecified atom stereocenters. The maximum Gasteiger partial charge on any atom is 0.137 e. The fourth-order valence-electron chi connectivity index (χ4n) is 2.20. The zero-order valence-corrected chi connectivity index (χ0v) is 13.4. The summed E-state index contributed by atoms with van der Waals surface area (Å²) < 4.78 is 0. The summed E-state index contributed by atoms with van der Waals surface area (Å²) in [6.07, 6.45) is 3.52. The molecule has 1 aromatic rings. The molecule has 1 heterocycles. The van der Waals surface area contributed by atoms with Crippen LogP contribution >= 0.6 is 0 Å². The van der Waals surface area contributed by atoms with Crippen LogP contribution in [0, 0.1) is 0 Å². The molecule has 20 heavy (non-hydrogen) atoms. The standard InChI is InChI=1S/C15H28N4O/c1-6-9-16-13-12(7-2)14(18-11-17-13)19(8-3)10-15(4,5)20/h11,20H,6-10H2,1-5H3,(H,16,17,18). The third-order valence-electron chi connectivity index (χ3n) is 3.08. The summed E-state index contributed by atoms with van der Waals surface area (Å²) in [6.45, 7) is 12.2. The Kier molecular flexibility index (Phi) is 6.20. The van der Waals surface area contributed by atoms with E-state index < -0.39 is 5.60 Å². The van der Waals surface area contributed by atoms with Crippen LogP contribution in [0.3, 0.4) is 0 Å². The summed E-state index contributed by atoms with van der Waals surface area (Å²) in [5.74, 6) is 1.83. The highest BCUT2D eigenvalue weighted by molar-refractivity contribution is 5.58. The lowest BCUT2D eigenvalue weighted by atomic mass is 10.1. The van der Waals surface area contributed by atoms with Crippen molar-refractivity contribution in [1.29, 1.82) is 0 Å². The molecule has 1 rings (SSSR count). The first-order chi connectivity index (χ1) is 9.42. The van der Waals surface area contributed by atoms with Gasteiger partial charge in [-0.1, -0.05) is 13.8 Å². The van der Waals surface area contributed by atoms with Crippen molar-refractivity contribution in [2.24, 2.45) is 0 Å². The highest BCUT2D eigenvalue weighted by Gasteiger charge is 2.21. The molecule has 0 aliphatic rings. The van der Waals surface area contributed by atoms with Crippen molar-refractivity contribution >= 4 is 11.6 Å². The molecule has 0 radical (unpaired) electrons. The predicted molar refractivity (Wildman–Crippen MR) is 84.4 cm³/mol. The molecule has 0 amide bonds. The van der Waals surface area contributed by atoms with Gasteiger partial charge in [0, 0.05) is 25.2 Å². The van der Waals surface area contributed by atoms with E-state index in [2.05, 4.69) is 41.0 Å². The van der Waals surface area contributed by atoms with Crippen molar-refractivity contribution in [3.05, 3.63) is 11.9 Å². The predicted octanol–water partition coefficient (Wildman–Crippen LogP) is 2.46. The number of nitrogens with one attached hydrogen (secondary N) is 1. The Hall–Kier alpha value is -1.36. The van der Waals surface area contributed by atoms with Crippen molar-refractivity contribution in [2.75, 3.05) is 29.9 Å². The van der Waals surface area contributed by atoms with E-state index in [4.69, 9.17) is 0 Å². The van der Waals surface area contributed by atoms with Gasteiger partial charge >= 0.3 is 0 Å². The average Bonchev–Trinajstić information content (AvgIpc) is 2.41. The zero-order valence-electron chi connectivity index (χ0n) is 13.4. The van der Waals surface area contributed by atoms with E-state index >= 15 is 0 Å². The lowest BCUT2D eigenvalue weighted by Gasteiger charge is -2.30. The normalized spacial score (nSPS) is 11.5. The summed E-state index contributed by atoms with van der Waals surface area (Å²) in [4.78, 5) is 10.9. The van der Waals surface area contributed by atoms with Crippen LogP contribution in [0.25, 0.3) is 0 Å².